The van der Waals surface area contributed by atoms with Crippen LogP contribution < -0.4 is 16.2 Å². The van der Waals surface area contributed by atoms with Crippen LogP contribution in [0.1, 0.15) is 45.8 Å². The molecule has 0 atom stereocenters. The minimum Gasteiger partial charge on any atom is -0.329 e. The molecule has 2 N–H and O–H groups in total. The van der Waals surface area contributed by atoms with E-state index in [-0.39, 0.29) is 17.2 Å². The van der Waals surface area contributed by atoms with Gasteiger partial charge in [-0.05, 0) is 38.1 Å². The molecule has 0 saturated carbocycles. The van der Waals surface area contributed by atoms with Crippen molar-refractivity contribution in [3.05, 3.63) is 63.2 Å². The number of anilines is 1. The number of aromatic nitrogens is 3. The van der Waals surface area contributed by atoms with Gasteiger partial charge in [-0.15, -0.1) is 0 Å². The minimum atomic E-state index is -0.346. The Labute approximate surface area is 161 Å². The largest absolute Gasteiger partial charge is 0.329 e. The van der Waals surface area contributed by atoms with Gasteiger partial charge in [0.1, 0.15) is 5.56 Å². The van der Waals surface area contributed by atoms with Crippen LogP contribution in [0.5, 0.6) is 0 Å². The zero-order valence-corrected chi connectivity index (χ0v) is 15.8. The highest BCUT2D eigenvalue weighted by molar-refractivity contribution is 6.08. The number of hydrogen-bond donors (Lipinski definition) is 2. The van der Waals surface area contributed by atoms with Crippen LogP contribution in [0.4, 0.5) is 5.69 Å². The molecule has 8 nitrogen and oxygen atoms in total. The molecule has 1 aliphatic heterocycles. The summed E-state index contributed by atoms with van der Waals surface area (Å²) in [6, 6.07) is 6.69. The Kier molecular flexibility index (Phi) is 4.56. The molecule has 0 unspecified atom stereocenters. The topological polar surface area (TPSA) is 97.5 Å². The van der Waals surface area contributed by atoms with Crippen LogP contribution in [0, 0.1) is 0 Å². The molecular weight excluding hydrogens is 358 g/mol. The third-order valence-corrected chi connectivity index (χ3v) is 5.07. The molecule has 3 heterocycles. The van der Waals surface area contributed by atoms with E-state index in [1.807, 2.05) is 11.5 Å². The molecule has 144 valence electrons. The van der Waals surface area contributed by atoms with Gasteiger partial charge >= 0.3 is 0 Å². The van der Waals surface area contributed by atoms with E-state index in [2.05, 4.69) is 15.7 Å². The molecule has 0 aliphatic carbocycles. The molecule has 0 bridgehead atoms. The third-order valence-electron chi connectivity index (χ3n) is 5.07. The van der Waals surface area contributed by atoms with Crippen LogP contribution in [0.3, 0.4) is 0 Å². The van der Waals surface area contributed by atoms with Crippen molar-refractivity contribution in [2.75, 3.05) is 11.9 Å². The van der Waals surface area contributed by atoms with E-state index in [0.717, 1.165) is 18.7 Å². The summed E-state index contributed by atoms with van der Waals surface area (Å²) in [4.78, 5) is 37.1. The number of amides is 1. The van der Waals surface area contributed by atoms with Crippen molar-refractivity contribution >= 4 is 23.0 Å². The molecule has 0 fully saturated rings. The van der Waals surface area contributed by atoms with E-state index in [1.165, 1.54) is 17.6 Å². The number of benzene rings is 1. The van der Waals surface area contributed by atoms with E-state index < -0.39 is 0 Å². The monoisotopic (exact) mass is 379 g/mol. The highest BCUT2D eigenvalue weighted by Gasteiger charge is 2.24. The summed E-state index contributed by atoms with van der Waals surface area (Å²) in [6.45, 7) is 5.41. The molecular formula is C20H21N5O3. The van der Waals surface area contributed by atoms with Crippen LogP contribution in [-0.4, -0.2) is 32.4 Å². The molecule has 2 aromatic heterocycles. The Morgan fingerprint density at radius 3 is 2.68 bits per heavy atom. The maximum atomic E-state index is 12.9. The predicted octanol–water partition coefficient (Wildman–Crippen LogP) is 1.62. The number of aryl methyl sites for hydroxylation is 1. The quantitative estimate of drug-likeness (QED) is 0.672. The Morgan fingerprint density at radius 1 is 1.25 bits per heavy atom. The third kappa shape index (κ3) is 2.91. The summed E-state index contributed by atoms with van der Waals surface area (Å²) in [7, 11) is 0. The maximum absolute atomic E-state index is 12.9. The first-order valence-corrected chi connectivity index (χ1v) is 9.26. The van der Waals surface area contributed by atoms with Crippen molar-refractivity contribution in [1.82, 2.24) is 19.5 Å². The summed E-state index contributed by atoms with van der Waals surface area (Å²) in [6.07, 6.45) is 2.16. The van der Waals surface area contributed by atoms with Gasteiger partial charge in [0.15, 0.2) is 11.4 Å². The van der Waals surface area contributed by atoms with E-state index in [0.29, 0.717) is 41.1 Å². The summed E-state index contributed by atoms with van der Waals surface area (Å²) in [5.41, 5.74) is 3.47. The van der Waals surface area contributed by atoms with Crippen molar-refractivity contribution in [3.63, 3.8) is 0 Å². The van der Waals surface area contributed by atoms with Gasteiger partial charge in [-0.3, -0.25) is 14.4 Å². The number of Topliss-reactive ketones (excluding diaryl/α,β-unsaturated/α-hetero) is 1. The van der Waals surface area contributed by atoms with E-state index in [4.69, 9.17) is 0 Å². The second-order valence-corrected chi connectivity index (χ2v) is 6.78. The van der Waals surface area contributed by atoms with Crippen molar-refractivity contribution in [3.8, 4) is 0 Å². The Morgan fingerprint density at radius 2 is 2.00 bits per heavy atom. The number of rotatable bonds is 4. The Bertz CT molecular complexity index is 1140. The van der Waals surface area contributed by atoms with E-state index in [9.17, 15) is 14.4 Å². The second kappa shape index (κ2) is 7.05. The molecule has 0 saturated heterocycles. The zero-order chi connectivity index (χ0) is 19.8. The fourth-order valence-corrected chi connectivity index (χ4v) is 3.66. The lowest BCUT2D eigenvalue weighted by molar-refractivity contribution is 0.101. The molecule has 0 spiro atoms. The second-order valence-electron chi connectivity index (χ2n) is 6.78. The normalized spacial score (nSPS) is 13.4. The summed E-state index contributed by atoms with van der Waals surface area (Å²) >= 11 is 0. The van der Waals surface area contributed by atoms with Crippen molar-refractivity contribution in [2.24, 2.45) is 0 Å². The van der Waals surface area contributed by atoms with Crippen molar-refractivity contribution in [2.45, 2.75) is 33.4 Å². The highest BCUT2D eigenvalue weighted by Crippen LogP contribution is 2.19. The predicted molar refractivity (Wildman–Crippen MR) is 105 cm³/mol. The van der Waals surface area contributed by atoms with Gasteiger partial charge in [0.2, 0.25) is 0 Å². The fraction of sp³-hybridized carbons (Fsp3) is 0.300. The lowest BCUT2D eigenvalue weighted by Gasteiger charge is -2.22. The van der Waals surface area contributed by atoms with E-state index in [1.54, 1.807) is 24.3 Å². The molecule has 1 aromatic carbocycles. The molecule has 4 rings (SSSR count). The Hall–Kier alpha value is -3.26. The van der Waals surface area contributed by atoms with Crippen LogP contribution in [0.15, 0.2) is 35.3 Å². The molecule has 1 amide bonds. The number of fused-ring (bicyclic) bond motifs is 2. The molecule has 28 heavy (non-hydrogen) atoms. The van der Waals surface area contributed by atoms with Gasteiger partial charge in [-0.25, -0.2) is 0 Å². The summed E-state index contributed by atoms with van der Waals surface area (Å²) < 4.78 is 3.31. The molecule has 3 aromatic rings. The Balaban J connectivity index is 1.76. The first-order chi connectivity index (χ1) is 13.5. The van der Waals surface area contributed by atoms with Gasteiger partial charge in [0, 0.05) is 43.0 Å². The van der Waals surface area contributed by atoms with E-state index >= 15 is 0 Å². The standard InChI is InChI=1S/C20H21N5O3/c1-3-24-17-8-9-21-10-15(17)20(28)25-19(24)16(11-22-25)18(27)23-14-6-4-13(5-7-14)12(2)26/h4-7,11,21H,3,8-10H2,1-2H3,(H,23,27). The maximum Gasteiger partial charge on any atom is 0.279 e. The van der Waals surface area contributed by atoms with Crippen molar-refractivity contribution < 1.29 is 9.59 Å². The molecule has 0 radical (unpaired) electrons. The first-order valence-electron chi connectivity index (χ1n) is 9.26. The number of carbonyl (C=O) groups excluding carboxylic acids is 2. The zero-order valence-electron chi connectivity index (χ0n) is 15.8. The minimum absolute atomic E-state index is 0.0354. The van der Waals surface area contributed by atoms with Crippen LogP contribution in [-0.2, 0) is 19.5 Å². The van der Waals surface area contributed by atoms with Gasteiger partial charge in [-0.2, -0.15) is 9.61 Å². The average Bonchev–Trinajstić information content (AvgIpc) is 3.14. The van der Waals surface area contributed by atoms with Gasteiger partial charge in [0.05, 0.1) is 11.8 Å². The number of carbonyl (C=O) groups is 2. The number of nitrogens with zero attached hydrogens (tertiary/aromatic N) is 3. The van der Waals surface area contributed by atoms with Gasteiger partial charge in [-0.1, -0.05) is 0 Å². The smallest absolute Gasteiger partial charge is 0.279 e. The van der Waals surface area contributed by atoms with Gasteiger partial charge < -0.3 is 15.2 Å². The average molecular weight is 379 g/mol. The summed E-state index contributed by atoms with van der Waals surface area (Å²) in [5.74, 6) is -0.382. The summed E-state index contributed by atoms with van der Waals surface area (Å²) in [5, 5.41) is 10.2. The highest BCUT2D eigenvalue weighted by atomic mass is 16.2. The fourth-order valence-electron chi connectivity index (χ4n) is 3.66. The number of nitrogens with one attached hydrogen (secondary N) is 2. The van der Waals surface area contributed by atoms with Crippen LogP contribution in [0.2, 0.25) is 0 Å². The number of hydrogen-bond acceptors (Lipinski definition) is 5. The van der Waals surface area contributed by atoms with Crippen molar-refractivity contribution in [1.29, 1.82) is 0 Å². The number of ketones is 1. The van der Waals surface area contributed by atoms with Gasteiger partial charge in [0.25, 0.3) is 11.5 Å². The lowest BCUT2D eigenvalue weighted by atomic mass is 10.1. The first kappa shape index (κ1) is 18.1. The SMILES string of the molecule is CCn1c2c(c(=O)n3ncc(C(=O)Nc4ccc(C(C)=O)cc4)c13)CNCC2. The molecule has 1 aliphatic rings. The van der Waals surface area contributed by atoms with Crippen LogP contribution >= 0.6 is 0 Å². The van der Waals surface area contributed by atoms with Crippen LogP contribution in [0.25, 0.3) is 5.65 Å². The lowest BCUT2D eigenvalue weighted by Crippen LogP contribution is -2.36. The molecule has 8 heteroatoms.